The Morgan fingerprint density at radius 2 is 1.85 bits per heavy atom. The summed E-state index contributed by atoms with van der Waals surface area (Å²) in [5, 5.41) is 2.26. The lowest BCUT2D eigenvalue weighted by Crippen LogP contribution is -2.14. The van der Waals surface area contributed by atoms with Crippen LogP contribution in [0.2, 0.25) is 0 Å². The lowest BCUT2D eigenvalue weighted by atomic mass is 9.94. The maximum absolute atomic E-state index is 6.47. The van der Waals surface area contributed by atoms with E-state index >= 15 is 0 Å². The molecule has 20 heavy (non-hydrogen) atoms. The van der Waals surface area contributed by atoms with Crippen molar-refractivity contribution in [3.63, 3.8) is 0 Å². The molecule has 0 saturated carbocycles. The highest BCUT2D eigenvalue weighted by Crippen LogP contribution is 2.28. The summed E-state index contributed by atoms with van der Waals surface area (Å²) in [4.78, 5) is 8.67. The highest BCUT2D eigenvalue weighted by molar-refractivity contribution is 5.85. The zero-order valence-electron chi connectivity index (χ0n) is 11.7. The summed E-state index contributed by atoms with van der Waals surface area (Å²) in [5.41, 5.74) is 10.7. The lowest BCUT2D eigenvalue weighted by molar-refractivity contribution is 0.851. The third-order valence-electron chi connectivity index (χ3n) is 3.65. The van der Waals surface area contributed by atoms with E-state index < -0.39 is 0 Å². The van der Waals surface area contributed by atoms with Crippen LogP contribution in [0.3, 0.4) is 0 Å². The van der Waals surface area contributed by atoms with Crippen molar-refractivity contribution in [1.29, 1.82) is 0 Å². The van der Waals surface area contributed by atoms with E-state index in [-0.39, 0.29) is 6.04 Å². The first-order valence-corrected chi connectivity index (χ1v) is 6.69. The van der Waals surface area contributed by atoms with E-state index in [4.69, 9.17) is 5.73 Å². The Morgan fingerprint density at radius 1 is 1.00 bits per heavy atom. The second-order valence-corrected chi connectivity index (χ2v) is 5.05. The van der Waals surface area contributed by atoms with Crippen molar-refractivity contribution < 1.29 is 0 Å². The molecule has 3 nitrogen and oxygen atoms in total. The van der Waals surface area contributed by atoms with Gasteiger partial charge >= 0.3 is 0 Å². The SMILES string of the molecule is Cc1ccc(C(N)c2cccc3cnccc23)c(C)n1. The molecule has 0 spiro atoms. The maximum Gasteiger partial charge on any atom is 0.0575 e. The van der Waals surface area contributed by atoms with E-state index in [1.165, 1.54) is 0 Å². The molecule has 0 aliphatic heterocycles. The molecule has 0 aliphatic rings. The summed E-state index contributed by atoms with van der Waals surface area (Å²) in [5.74, 6) is 0. The van der Waals surface area contributed by atoms with Gasteiger partial charge in [0, 0.05) is 29.2 Å². The number of nitrogens with zero attached hydrogens (tertiary/aromatic N) is 2. The van der Waals surface area contributed by atoms with Crippen molar-refractivity contribution in [3.8, 4) is 0 Å². The van der Waals surface area contributed by atoms with Crippen molar-refractivity contribution in [2.75, 3.05) is 0 Å². The molecule has 0 amide bonds. The summed E-state index contributed by atoms with van der Waals surface area (Å²) in [6.07, 6.45) is 3.67. The van der Waals surface area contributed by atoms with Crippen LogP contribution in [0.25, 0.3) is 10.8 Å². The van der Waals surface area contributed by atoms with Crippen LogP contribution < -0.4 is 5.73 Å². The van der Waals surface area contributed by atoms with Crippen LogP contribution in [0.4, 0.5) is 0 Å². The molecular weight excluding hydrogens is 246 g/mol. The Labute approximate surface area is 118 Å². The Kier molecular flexibility index (Phi) is 3.20. The molecular formula is C17H17N3. The topological polar surface area (TPSA) is 51.8 Å². The van der Waals surface area contributed by atoms with Crippen LogP contribution >= 0.6 is 0 Å². The predicted molar refractivity (Wildman–Crippen MR) is 81.5 cm³/mol. The van der Waals surface area contributed by atoms with Crippen LogP contribution in [0, 0.1) is 13.8 Å². The Bertz CT molecular complexity index is 760. The molecule has 2 heterocycles. The minimum absolute atomic E-state index is 0.172. The summed E-state index contributed by atoms with van der Waals surface area (Å²) in [6.45, 7) is 4.00. The van der Waals surface area contributed by atoms with Gasteiger partial charge in [0.1, 0.15) is 0 Å². The first-order valence-electron chi connectivity index (χ1n) is 6.69. The van der Waals surface area contributed by atoms with Gasteiger partial charge in [-0.3, -0.25) is 9.97 Å². The zero-order valence-corrected chi connectivity index (χ0v) is 11.7. The fourth-order valence-electron chi connectivity index (χ4n) is 2.61. The summed E-state index contributed by atoms with van der Waals surface area (Å²) < 4.78 is 0. The summed E-state index contributed by atoms with van der Waals surface area (Å²) in [6, 6.07) is 12.1. The van der Waals surface area contributed by atoms with Gasteiger partial charge in [0.25, 0.3) is 0 Å². The van der Waals surface area contributed by atoms with Gasteiger partial charge in [0.05, 0.1) is 6.04 Å². The second-order valence-electron chi connectivity index (χ2n) is 5.05. The molecule has 3 aromatic rings. The van der Waals surface area contributed by atoms with E-state index in [0.29, 0.717) is 0 Å². The van der Waals surface area contributed by atoms with Gasteiger partial charge < -0.3 is 5.73 Å². The first-order chi connectivity index (χ1) is 9.66. The second kappa shape index (κ2) is 5.02. The molecule has 3 rings (SSSR count). The van der Waals surface area contributed by atoms with Gasteiger partial charge in [-0.05, 0) is 42.5 Å². The molecule has 2 aromatic heterocycles. The fourth-order valence-corrected chi connectivity index (χ4v) is 2.61. The first kappa shape index (κ1) is 12.8. The quantitative estimate of drug-likeness (QED) is 0.771. The van der Waals surface area contributed by atoms with Gasteiger partial charge in [0.15, 0.2) is 0 Å². The molecule has 1 atom stereocenters. The van der Waals surface area contributed by atoms with Crippen molar-refractivity contribution >= 4 is 10.8 Å². The van der Waals surface area contributed by atoms with Gasteiger partial charge in [-0.25, -0.2) is 0 Å². The molecule has 2 N–H and O–H groups in total. The number of hydrogen-bond donors (Lipinski definition) is 1. The summed E-state index contributed by atoms with van der Waals surface area (Å²) >= 11 is 0. The molecule has 0 saturated heterocycles. The third-order valence-corrected chi connectivity index (χ3v) is 3.65. The number of aromatic nitrogens is 2. The highest BCUT2D eigenvalue weighted by Gasteiger charge is 2.14. The number of hydrogen-bond acceptors (Lipinski definition) is 3. The number of pyridine rings is 2. The molecule has 1 aromatic carbocycles. The molecule has 0 fully saturated rings. The van der Waals surface area contributed by atoms with Crippen LogP contribution in [-0.4, -0.2) is 9.97 Å². The number of nitrogens with two attached hydrogens (primary N) is 1. The number of fused-ring (bicyclic) bond motifs is 1. The predicted octanol–water partition coefficient (Wildman–Crippen LogP) is 3.29. The van der Waals surface area contributed by atoms with E-state index in [2.05, 4.69) is 28.2 Å². The van der Waals surface area contributed by atoms with Crippen LogP contribution in [0.5, 0.6) is 0 Å². The minimum Gasteiger partial charge on any atom is -0.320 e. The van der Waals surface area contributed by atoms with Gasteiger partial charge in [-0.1, -0.05) is 24.3 Å². The molecule has 3 heteroatoms. The van der Waals surface area contributed by atoms with Crippen LogP contribution in [0.1, 0.15) is 28.6 Å². The molecule has 0 aliphatic carbocycles. The van der Waals surface area contributed by atoms with Crippen LogP contribution in [0.15, 0.2) is 48.8 Å². The summed E-state index contributed by atoms with van der Waals surface area (Å²) in [7, 11) is 0. The van der Waals surface area contributed by atoms with E-state index in [9.17, 15) is 0 Å². The fraction of sp³-hybridized carbons (Fsp3) is 0.176. The van der Waals surface area contributed by atoms with Crippen molar-refractivity contribution in [1.82, 2.24) is 9.97 Å². The van der Waals surface area contributed by atoms with E-state index in [0.717, 1.165) is 33.3 Å². The lowest BCUT2D eigenvalue weighted by Gasteiger charge is -2.17. The van der Waals surface area contributed by atoms with Gasteiger partial charge in [-0.2, -0.15) is 0 Å². The number of rotatable bonds is 2. The average Bonchev–Trinajstić information content (AvgIpc) is 2.46. The largest absolute Gasteiger partial charge is 0.320 e. The number of aryl methyl sites for hydroxylation is 2. The molecule has 1 unspecified atom stereocenters. The van der Waals surface area contributed by atoms with Crippen LogP contribution in [-0.2, 0) is 0 Å². The van der Waals surface area contributed by atoms with Gasteiger partial charge in [0.2, 0.25) is 0 Å². The smallest absolute Gasteiger partial charge is 0.0575 e. The monoisotopic (exact) mass is 263 g/mol. The molecule has 0 bridgehead atoms. The van der Waals surface area contributed by atoms with E-state index in [1.54, 1.807) is 6.20 Å². The minimum atomic E-state index is -0.172. The Morgan fingerprint density at radius 3 is 2.65 bits per heavy atom. The standard InChI is InChI=1S/C17H17N3/c1-11-6-7-14(12(2)20-11)17(18)16-5-3-4-13-10-19-9-8-15(13)16/h3-10,17H,18H2,1-2H3. The van der Waals surface area contributed by atoms with E-state index in [1.807, 2.05) is 38.2 Å². The molecule has 0 radical (unpaired) electrons. The molecule has 100 valence electrons. The normalized spacial score (nSPS) is 12.6. The Balaban J connectivity index is 2.15. The number of benzene rings is 1. The Hall–Kier alpha value is -2.26. The maximum atomic E-state index is 6.47. The van der Waals surface area contributed by atoms with Crippen molar-refractivity contribution in [2.24, 2.45) is 5.73 Å². The van der Waals surface area contributed by atoms with Crippen molar-refractivity contribution in [2.45, 2.75) is 19.9 Å². The van der Waals surface area contributed by atoms with Crippen molar-refractivity contribution in [3.05, 3.63) is 71.3 Å². The zero-order chi connectivity index (χ0) is 14.1. The highest BCUT2D eigenvalue weighted by atomic mass is 14.7. The third kappa shape index (κ3) is 2.17. The van der Waals surface area contributed by atoms with Gasteiger partial charge in [-0.15, -0.1) is 0 Å². The average molecular weight is 263 g/mol.